The number of aromatic nitrogens is 1. The number of nitrogens with one attached hydrogen (secondary N) is 1. The number of hydrogen-bond donors (Lipinski definition) is 1. The minimum absolute atomic E-state index is 0.106. The number of carbonyl (C=O) groups is 2. The molecule has 6 heteroatoms. The Balaban J connectivity index is 1.79. The maximum Gasteiger partial charge on any atom is 0.254 e. The van der Waals surface area contributed by atoms with Gasteiger partial charge in [0.05, 0.1) is 0 Å². The average Bonchev–Trinajstić information content (AvgIpc) is 3.26. The van der Waals surface area contributed by atoms with Crippen LogP contribution in [0.15, 0.2) is 73.1 Å². The molecule has 2 aromatic carbocycles. The van der Waals surface area contributed by atoms with Gasteiger partial charge in [-0.25, -0.2) is 0 Å². The molecule has 1 N–H and O–H groups in total. The fourth-order valence-corrected chi connectivity index (χ4v) is 4.06. The molecule has 0 bridgehead atoms. The van der Waals surface area contributed by atoms with Gasteiger partial charge in [-0.3, -0.25) is 14.6 Å². The summed E-state index contributed by atoms with van der Waals surface area (Å²) >= 11 is 0. The van der Waals surface area contributed by atoms with Crippen LogP contribution in [0.25, 0.3) is 0 Å². The van der Waals surface area contributed by atoms with Crippen LogP contribution in [0.3, 0.4) is 0 Å². The monoisotopic (exact) mass is 415 g/mol. The predicted molar refractivity (Wildman–Crippen MR) is 119 cm³/mol. The number of fused-ring (bicyclic) bond motifs is 1. The van der Waals surface area contributed by atoms with Crippen molar-refractivity contribution in [2.75, 3.05) is 18.6 Å². The largest absolute Gasteiger partial charge is 0.351 e. The molecule has 1 aliphatic heterocycles. The summed E-state index contributed by atoms with van der Waals surface area (Å²) in [6, 6.07) is 18.6. The van der Waals surface area contributed by atoms with E-state index in [1.165, 1.54) is 0 Å². The highest BCUT2D eigenvalue weighted by Crippen LogP contribution is 2.36. The molecule has 1 aliphatic rings. The van der Waals surface area contributed by atoms with Gasteiger partial charge in [-0.2, -0.15) is 0 Å². The Morgan fingerprint density at radius 3 is 2.58 bits per heavy atom. The third-order valence-corrected chi connectivity index (χ3v) is 5.68. The van der Waals surface area contributed by atoms with Crippen molar-refractivity contribution in [2.45, 2.75) is 25.5 Å². The van der Waals surface area contributed by atoms with Gasteiger partial charge >= 0.3 is 0 Å². The normalized spacial score (nSPS) is 14.6. The highest BCUT2D eigenvalue weighted by molar-refractivity contribution is 5.96. The number of anilines is 1. The first-order chi connectivity index (χ1) is 15.1. The number of ether oxygens (including phenoxy) is 1. The summed E-state index contributed by atoms with van der Waals surface area (Å²) in [6.07, 6.45) is 4.59. The van der Waals surface area contributed by atoms with Crippen LogP contribution in [0.4, 0.5) is 5.69 Å². The Morgan fingerprint density at radius 2 is 1.90 bits per heavy atom. The van der Waals surface area contributed by atoms with E-state index in [4.69, 9.17) is 4.74 Å². The summed E-state index contributed by atoms with van der Waals surface area (Å²) in [5.41, 5.74) is 2.77. The van der Waals surface area contributed by atoms with E-state index in [2.05, 4.69) is 10.3 Å². The van der Waals surface area contributed by atoms with Gasteiger partial charge in [-0.05, 0) is 42.3 Å². The molecule has 0 saturated heterocycles. The fourth-order valence-electron chi connectivity index (χ4n) is 4.06. The summed E-state index contributed by atoms with van der Waals surface area (Å²) in [6.45, 7) is 2.53. The molecule has 1 atom stereocenters. The van der Waals surface area contributed by atoms with Crippen LogP contribution in [0, 0.1) is 0 Å². The zero-order valence-corrected chi connectivity index (χ0v) is 17.7. The van der Waals surface area contributed by atoms with E-state index < -0.39 is 5.72 Å². The molecule has 0 saturated carbocycles. The lowest BCUT2D eigenvalue weighted by molar-refractivity contribution is -0.118. The first-order valence-electron chi connectivity index (χ1n) is 10.4. The van der Waals surface area contributed by atoms with Crippen LogP contribution >= 0.6 is 0 Å². The second kappa shape index (κ2) is 8.70. The molecule has 2 amide bonds. The maximum absolute atomic E-state index is 13.1. The van der Waals surface area contributed by atoms with Crippen LogP contribution < -0.4 is 10.2 Å². The summed E-state index contributed by atoms with van der Waals surface area (Å²) in [4.78, 5) is 31.4. The third kappa shape index (κ3) is 3.82. The van der Waals surface area contributed by atoms with Crippen LogP contribution in [0.5, 0.6) is 0 Å². The molecule has 0 spiro atoms. The van der Waals surface area contributed by atoms with Crippen LogP contribution in [0.1, 0.15) is 40.4 Å². The van der Waals surface area contributed by atoms with Crippen molar-refractivity contribution >= 4 is 17.5 Å². The van der Waals surface area contributed by atoms with Gasteiger partial charge in [0.2, 0.25) is 5.91 Å². The van der Waals surface area contributed by atoms with Gasteiger partial charge in [0.1, 0.15) is 0 Å². The van der Waals surface area contributed by atoms with E-state index in [-0.39, 0.29) is 11.8 Å². The Kier molecular flexibility index (Phi) is 5.82. The number of methoxy groups -OCH3 is 1. The molecule has 2 heterocycles. The summed E-state index contributed by atoms with van der Waals surface area (Å²) in [5, 5.41) is 3.08. The highest BCUT2D eigenvalue weighted by Gasteiger charge is 2.38. The molecular weight excluding hydrogens is 390 g/mol. The van der Waals surface area contributed by atoms with Gasteiger partial charge in [-0.15, -0.1) is 0 Å². The second-order valence-electron chi connectivity index (χ2n) is 7.44. The van der Waals surface area contributed by atoms with Gasteiger partial charge < -0.3 is 15.0 Å². The lowest BCUT2D eigenvalue weighted by Gasteiger charge is -2.34. The van der Waals surface area contributed by atoms with Crippen molar-refractivity contribution in [3.8, 4) is 0 Å². The van der Waals surface area contributed by atoms with E-state index in [0.717, 1.165) is 23.2 Å². The zero-order valence-electron chi connectivity index (χ0n) is 17.7. The third-order valence-electron chi connectivity index (χ3n) is 5.68. The predicted octanol–water partition coefficient (Wildman–Crippen LogP) is 3.66. The molecule has 1 aromatic heterocycles. The average molecular weight is 415 g/mol. The number of pyridine rings is 1. The Hall–Kier alpha value is -3.51. The minimum atomic E-state index is -1.22. The number of carbonyl (C=O) groups excluding carboxylic acids is 2. The number of rotatable bonds is 6. The van der Waals surface area contributed by atoms with Crippen molar-refractivity contribution in [1.29, 1.82) is 0 Å². The van der Waals surface area contributed by atoms with Gasteiger partial charge in [0.15, 0.2) is 5.72 Å². The van der Waals surface area contributed by atoms with Crippen molar-refractivity contribution in [1.82, 2.24) is 10.3 Å². The van der Waals surface area contributed by atoms with Crippen LogP contribution in [-0.2, 0) is 21.7 Å². The SMILES string of the molecule is CCC(=O)N1CCc2cc(C(NC(=O)c3ccccc3)(OC)c3cccnc3)ccc21. The number of nitrogens with zero attached hydrogens (tertiary/aromatic N) is 2. The van der Waals surface area contributed by atoms with Crippen molar-refractivity contribution < 1.29 is 14.3 Å². The molecule has 31 heavy (non-hydrogen) atoms. The first-order valence-corrected chi connectivity index (χ1v) is 10.4. The molecular formula is C25H25N3O3. The summed E-state index contributed by atoms with van der Waals surface area (Å²) in [5.74, 6) is -0.149. The number of amides is 2. The van der Waals surface area contributed by atoms with Crippen LogP contribution in [-0.4, -0.2) is 30.5 Å². The van der Waals surface area contributed by atoms with Crippen molar-refractivity contribution in [3.63, 3.8) is 0 Å². The first kappa shape index (κ1) is 20.8. The molecule has 6 nitrogen and oxygen atoms in total. The number of benzene rings is 2. The van der Waals surface area contributed by atoms with E-state index in [1.54, 1.807) is 31.6 Å². The van der Waals surface area contributed by atoms with Gasteiger partial charge in [0, 0.05) is 54.8 Å². The van der Waals surface area contributed by atoms with E-state index >= 15 is 0 Å². The molecule has 3 aromatic rings. The molecule has 0 aliphatic carbocycles. The fraction of sp³-hybridized carbons (Fsp3) is 0.240. The maximum atomic E-state index is 13.1. The van der Waals surface area contributed by atoms with Gasteiger partial charge in [-0.1, -0.05) is 37.3 Å². The lowest BCUT2D eigenvalue weighted by Crippen LogP contribution is -2.48. The van der Waals surface area contributed by atoms with E-state index in [1.807, 2.05) is 60.4 Å². The zero-order chi connectivity index (χ0) is 21.8. The number of hydrogen-bond acceptors (Lipinski definition) is 4. The topological polar surface area (TPSA) is 71.5 Å². The molecule has 0 fully saturated rings. The Morgan fingerprint density at radius 1 is 1.10 bits per heavy atom. The van der Waals surface area contributed by atoms with Crippen molar-refractivity contribution in [2.24, 2.45) is 0 Å². The quantitative estimate of drug-likeness (QED) is 0.624. The Labute approximate surface area is 181 Å². The molecule has 1 unspecified atom stereocenters. The summed E-state index contributed by atoms with van der Waals surface area (Å²) < 4.78 is 6.00. The van der Waals surface area contributed by atoms with E-state index in [9.17, 15) is 9.59 Å². The lowest BCUT2D eigenvalue weighted by atomic mass is 9.92. The Bertz CT molecular complexity index is 1090. The standard InChI is InChI=1S/C25H25N3O3/c1-3-23(29)28-15-13-19-16-20(11-12-22(19)28)25(31-2,21-10-7-14-26-17-21)27-24(30)18-8-5-4-6-9-18/h4-12,14,16-17H,3,13,15H2,1-2H3,(H,27,30). The highest BCUT2D eigenvalue weighted by atomic mass is 16.5. The second-order valence-corrected chi connectivity index (χ2v) is 7.44. The van der Waals surface area contributed by atoms with E-state index in [0.29, 0.717) is 24.1 Å². The molecule has 4 rings (SSSR count). The van der Waals surface area contributed by atoms with Gasteiger partial charge in [0.25, 0.3) is 5.91 Å². The van der Waals surface area contributed by atoms with Crippen LogP contribution in [0.2, 0.25) is 0 Å². The summed E-state index contributed by atoms with van der Waals surface area (Å²) in [7, 11) is 1.57. The van der Waals surface area contributed by atoms with Crippen molar-refractivity contribution in [3.05, 3.63) is 95.3 Å². The molecule has 0 radical (unpaired) electrons. The molecule has 158 valence electrons. The minimum Gasteiger partial charge on any atom is -0.351 e. The smallest absolute Gasteiger partial charge is 0.254 e.